The van der Waals surface area contributed by atoms with Crippen LogP contribution in [0, 0.1) is 5.92 Å². The molecule has 1 aromatic heterocycles. The minimum absolute atomic E-state index is 0.0281. The number of H-pyrrole nitrogens is 1. The Hall–Kier alpha value is -3.32. The third-order valence-corrected chi connectivity index (χ3v) is 8.10. The van der Waals surface area contributed by atoms with E-state index in [-0.39, 0.29) is 24.2 Å². The molecule has 210 valence electrons. The molecule has 0 radical (unpaired) electrons. The van der Waals surface area contributed by atoms with E-state index < -0.39 is 23.7 Å². The van der Waals surface area contributed by atoms with Gasteiger partial charge in [-0.15, -0.1) is 0 Å². The molecule has 5 N–H and O–H groups in total. The van der Waals surface area contributed by atoms with Crippen molar-refractivity contribution in [2.45, 2.75) is 96.7 Å². The molecule has 3 amide bonds. The first kappa shape index (κ1) is 28.7. The van der Waals surface area contributed by atoms with Crippen LogP contribution in [0.2, 0.25) is 0 Å². The van der Waals surface area contributed by atoms with E-state index in [9.17, 15) is 14.7 Å². The number of benzene rings is 2. The highest BCUT2D eigenvalue weighted by Gasteiger charge is 2.38. The summed E-state index contributed by atoms with van der Waals surface area (Å²) in [5.74, 6) is 0.0544. The lowest BCUT2D eigenvalue weighted by Gasteiger charge is -2.34. The number of hydrogen-bond acceptors (Lipinski definition) is 3. The van der Waals surface area contributed by atoms with Crippen molar-refractivity contribution in [3.63, 3.8) is 0 Å². The van der Waals surface area contributed by atoms with E-state index in [0.29, 0.717) is 0 Å². The van der Waals surface area contributed by atoms with Gasteiger partial charge in [0, 0.05) is 35.1 Å². The molecule has 3 aromatic rings. The maximum Gasteiger partial charge on any atom is 0.320 e. The smallest absolute Gasteiger partial charge is 0.320 e. The highest BCUT2D eigenvalue weighted by Crippen LogP contribution is 2.33. The van der Waals surface area contributed by atoms with Gasteiger partial charge >= 0.3 is 6.03 Å². The molecule has 1 fully saturated rings. The summed E-state index contributed by atoms with van der Waals surface area (Å²) in [6, 6.07) is 13.5. The van der Waals surface area contributed by atoms with Crippen LogP contribution in [-0.2, 0) is 11.2 Å². The Labute approximate surface area is 232 Å². The maximum absolute atomic E-state index is 13.8. The van der Waals surface area contributed by atoms with Crippen LogP contribution in [0.5, 0.6) is 0 Å². The van der Waals surface area contributed by atoms with Crippen molar-refractivity contribution in [1.82, 2.24) is 15.6 Å². The van der Waals surface area contributed by atoms with Gasteiger partial charge in [-0.3, -0.25) is 4.79 Å². The normalized spacial score (nSPS) is 16.7. The van der Waals surface area contributed by atoms with E-state index in [1.54, 1.807) is 6.92 Å². The molecule has 1 aliphatic rings. The van der Waals surface area contributed by atoms with Gasteiger partial charge in [0.1, 0.15) is 11.8 Å². The maximum atomic E-state index is 13.8. The van der Waals surface area contributed by atoms with E-state index in [0.717, 1.165) is 65.4 Å². The Morgan fingerprint density at radius 3 is 2.26 bits per heavy atom. The molecule has 1 heterocycles. The van der Waals surface area contributed by atoms with Gasteiger partial charge in [0.2, 0.25) is 5.91 Å². The number of aliphatic hydroxyl groups is 1. The molecule has 1 saturated carbocycles. The van der Waals surface area contributed by atoms with Crippen LogP contribution >= 0.6 is 0 Å². The standard InChI is InChI=1S/C32H44N4O3/c1-20(2)24-15-11-16-25(21(3)4)28(24)34-31(39)36-32(5,18-23-19-33-27-17-10-9-14-26(23)27)30(38)35-29(37)22-12-7-6-8-13-22/h9-11,14-17,19-22,29,33,37H,6-8,12-13,18H2,1-5H3,(H,35,38)(H2,34,36,39). The van der Waals surface area contributed by atoms with Crippen LogP contribution in [0.3, 0.4) is 0 Å². The van der Waals surface area contributed by atoms with Crippen LogP contribution in [0.25, 0.3) is 10.9 Å². The summed E-state index contributed by atoms with van der Waals surface area (Å²) in [6.45, 7) is 10.1. The summed E-state index contributed by atoms with van der Waals surface area (Å²) >= 11 is 0. The second-order valence-corrected chi connectivity index (χ2v) is 11.9. The molecule has 0 bridgehead atoms. The molecular formula is C32H44N4O3. The lowest BCUT2D eigenvalue weighted by atomic mass is 9.87. The van der Waals surface area contributed by atoms with Gasteiger partial charge in [-0.1, -0.05) is 83.4 Å². The monoisotopic (exact) mass is 532 g/mol. The van der Waals surface area contributed by atoms with E-state index >= 15 is 0 Å². The van der Waals surface area contributed by atoms with Crippen molar-refractivity contribution in [2.75, 3.05) is 5.32 Å². The number of nitrogens with one attached hydrogen (secondary N) is 4. The van der Waals surface area contributed by atoms with Crippen molar-refractivity contribution in [3.05, 3.63) is 65.4 Å². The lowest BCUT2D eigenvalue weighted by molar-refractivity contribution is -0.131. The predicted molar refractivity (Wildman–Crippen MR) is 158 cm³/mol. The number of rotatable bonds is 9. The third-order valence-electron chi connectivity index (χ3n) is 8.10. The Balaban J connectivity index is 1.62. The van der Waals surface area contributed by atoms with Crippen molar-refractivity contribution in [2.24, 2.45) is 5.92 Å². The first-order valence-electron chi connectivity index (χ1n) is 14.3. The largest absolute Gasteiger partial charge is 0.373 e. The molecular weight excluding hydrogens is 488 g/mol. The number of anilines is 1. The lowest BCUT2D eigenvalue weighted by Crippen LogP contribution is -2.61. The average Bonchev–Trinajstić information content (AvgIpc) is 3.31. The van der Waals surface area contributed by atoms with E-state index in [2.05, 4.69) is 48.6 Å². The Morgan fingerprint density at radius 2 is 1.62 bits per heavy atom. The fourth-order valence-electron chi connectivity index (χ4n) is 5.79. The van der Waals surface area contributed by atoms with Crippen LogP contribution < -0.4 is 16.0 Å². The van der Waals surface area contributed by atoms with Gasteiger partial charge in [0.05, 0.1) is 0 Å². The molecule has 39 heavy (non-hydrogen) atoms. The summed E-state index contributed by atoms with van der Waals surface area (Å²) in [6.07, 6.45) is 6.25. The Kier molecular flexibility index (Phi) is 9.01. The Morgan fingerprint density at radius 1 is 0.974 bits per heavy atom. The quantitative estimate of drug-likeness (QED) is 0.202. The molecule has 2 unspecified atom stereocenters. The van der Waals surface area contributed by atoms with Crippen molar-refractivity contribution in [3.8, 4) is 0 Å². The van der Waals surface area contributed by atoms with Gasteiger partial charge < -0.3 is 26.0 Å². The zero-order chi connectivity index (χ0) is 28.2. The number of aliphatic hydroxyl groups excluding tert-OH is 1. The zero-order valence-corrected chi connectivity index (χ0v) is 23.9. The van der Waals surface area contributed by atoms with Crippen LogP contribution in [0.1, 0.15) is 95.2 Å². The SMILES string of the molecule is CC(C)c1cccc(C(C)C)c1NC(=O)NC(C)(Cc1c[nH]c2ccccc12)C(=O)NC(O)C1CCCCC1. The molecule has 2 atom stereocenters. The number of para-hydroxylation sites is 2. The topological polar surface area (TPSA) is 106 Å². The third kappa shape index (κ3) is 6.64. The second kappa shape index (κ2) is 12.2. The first-order valence-corrected chi connectivity index (χ1v) is 14.3. The number of aromatic amines is 1. The molecule has 7 heteroatoms. The molecule has 2 aromatic carbocycles. The van der Waals surface area contributed by atoms with Crippen LogP contribution in [0.15, 0.2) is 48.7 Å². The van der Waals surface area contributed by atoms with Gasteiger partial charge in [-0.25, -0.2) is 4.79 Å². The fraction of sp³-hybridized carbons (Fsp3) is 0.500. The summed E-state index contributed by atoms with van der Waals surface area (Å²) in [4.78, 5) is 30.6. The van der Waals surface area contributed by atoms with E-state index in [4.69, 9.17) is 0 Å². The number of amides is 3. The summed E-state index contributed by atoms with van der Waals surface area (Å²) in [7, 11) is 0. The average molecular weight is 533 g/mol. The molecule has 0 aliphatic heterocycles. The van der Waals surface area contributed by atoms with Crippen molar-refractivity contribution >= 4 is 28.5 Å². The van der Waals surface area contributed by atoms with Crippen LogP contribution in [-0.4, -0.2) is 33.8 Å². The van der Waals surface area contributed by atoms with Crippen molar-refractivity contribution < 1.29 is 14.7 Å². The number of carbonyl (C=O) groups is 2. The molecule has 1 aliphatic carbocycles. The first-order chi connectivity index (χ1) is 18.6. The summed E-state index contributed by atoms with van der Waals surface area (Å²) in [5, 5.41) is 20.8. The highest BCUT2D eigenvalue weighted by molar-refractivity contribution is 5.97. The number of fused-ring (bicyclic) bond motifs is 1. The fourth-order valence-corrected chi connectivity index (χ4v) is 5.79. The number of hydrogen-bond donors (Lipinski definition) is 5. The zero-order valence-electron chi connectivity index (χ0n) is 23.9. The highest BCUT2D eigenvalue weighted by atomic mass is 16.3. The van der Waals surface area contributed by atoms with Gasteiger partial charge in [-0.05, 0) is 54.4 Å². The number of aromatic nitrogens is 1. The minimum Gasteiger partial charge on any atom is -0.373 e. The second-order valence-electron chi connectivity index (χ2n) is 11.9. The number of urea groups is 1. The molecule has 4 rings (SSSR count). The predicted octanol–water partition coefficient (Wildman–Crippen LogP) is 6.55. The van der Waals surface area contributed by atoms with Crippen molar-refractivity contribution in [1.29, 1.82) is 0 Å². The van der Waals surface area contributed by atoms with Crippen LogP contribution in [0.4, 0.5) is 10.5 Å². The van der Waals surface area contributed by atoms with Gasteiger partial charge in [0.25, 0.3) is 0 Å². The molecule has 7 nitrogen and oxygen atoms in total. The van der Waals surface area contributed by atoms with E-state index in [1.807, 2.05) is 48.7 Å². The van der Waals surface area contributed by atoms with Gasteiger partial charge in [0.15, 0.2) is 0 Å². The number of carbonyl (C=O) groups excluding carboxylic acids is 2. The summed E-state index contributed by atoms with van der Waals surface area (Å²) < 4.78 is 0. The molecule has 0 spiro atoms. The Bertz CT molecular complexity index is 1270. The van der Waals surface area contributed by atoms with E-state index in [1.165, 1.54) is 0 Å². The van der Waals surface area contributed by atoms with Gasteiger partial charge in [-0.2, -0.15) is 0 Å². The molecule has 0 saturated heterocycles. The summed E-state index contributed by atoms with van der Waals surface area (Å²) in [5.41, 5.74) is 3.46. The minimum atomic E-state index is -1.31.